The molecular weight excluding hydrogens is 719 g/mol. The van der Waals surface area contributed by atoms with Gasteiger partial charge in [0.05, 0.1) is 11.1 Å². The Morgan fingerprint density at radius 3 is 1.63 bits per heavy atom. The molecule has 10 aromatic carbocycles. The minimum absolute atomic E-state index is 0.857. The van der Waals surface area contributed by atoms with E-state index in [4.69, 9.17) is 8.83 Å². The zero-order chi connectivity index (χ0) is 38.9. The zero-order valence-corrected chi connectivity index (χ0v) is 32.0. The summed E-state index contributed by atoms with van der Waals surface area (Å²) in [5.74, 6) is 0. The molecule has 0 aliphatic rings. The van der Waals surface area contributed by atoms with Crippen molar-refractivity contribution in [3.05, 3.63) is 212 Å². The van der Waals surface area contributed by atoms with Crippen LogP contribution in [0.1, 0.15) is 0 Å². The Morgan fingerprint density at radius 1 is 0.305 bits per heavy atom. The van der Waals surface area contributed by atoms with Crippen molar-refractivity contribution in [1.82, 2.24) is 0 Å². The van der Waals surface area contributed by atoms with Gasteiger partial charge in [0.15, 0.2) is 0 Å². The molecule has 276 valence electrons. The second-order valence-electron chi connectivity index (χ2n) is 15.3. The van der Waals surface area contributed by atoms with Crippen molar-refractivity contribution < 1.29 is 8.83 Å². The maximum Gasteiger partial charge on any atom is 0.143 e. The normalized spacial score (nSPS) is 11.7. The molecule has 2 aromatic heterocycles. The quantitative estimate of drug-likeness (QED) is 0.169. The van der Waals surface area contributed by atoms with E-state index in [0.29, 0.717) is 0 Å². The molecule has 0 fully saturated rings. The highest BCUT2D eigenvalue weighted by atomic mass is 16.3. The Balaban J connectivity index is 0.964. The van der Waals surface area contributed by atoms with Crippen molar-refractivity contribution in [3.8, 4) is 33.4 Å². The Kier molecular flexibility index (Phi) is 7.54. The van der Waals surface area contributed by atoms with Crippen LogP contribution in [-0.4, -0.2) is 0 Å². The summed E-state index contributed by atoms with van der Waals surface area (Å²) in [6.07, 6.45) is 0. The van der Waals surface area contributed by atoms with Crippen LogP contribution in [0.2, 0.25) is 0 Å². The van der Waals surface area contributed by atoms with Gasteiger partial charge in [0.25, 0.3) is 0 Å². The van der Waals surface area contributed by atoms with E-state index in [1.54, 1.807) is 0 Å². The van der Waals surface area contributed by atoms with Crippen LogP contribution in [0.4, 0.5) is 17.1 Å². The molecule has 0 N–H and O–H groups in total. The lowest BCUT2D eigenvalue weighted by molar-refractivity contribution is 0.670. The molecule has 59 heavy (non-hydrogen) atoms. The maximum absolute atomic E-state index is 6.67. The van der Waals surface area contributed by atoms with E-state index in [1.165, 1.54) is 27.5 Å². The molecule has 0 aliphatic heterocycles. The number of rotatable bonds is 6. The fraction of sp³-hybridized carbons (Fsp3) is 0. The molecule has 0 saturated heterocycles. The second-order valence-corrected chi connectivity index (χ2v) is 15.3. The highest BCUT2D eigenvalue weighted by Crippen LogP contribution is 2.45. The standard InChI is InChI=1S/C56H35NO2/c1-2-11-42-35-43(24-23-36(42)9-1)39-21-19-37(20-22-39)38-25-30-44(31-26-38)57(51-16-8-18-53-54(51)50-34-29-40-10-3-4-12-46(40)56(50)59-53)45-32-27-41(28-33-45)47-14-7-15-49-48-13-5-6-17-52(48)58-55(47)49/h1-35H. The highest BCUT2D eigenvalue weighted by Gasteiger charge is 2.21. The average Bonchev–Trinajstić information content (AvgIpc) is 3.89. The van der Waals surface area contributed by atoms with E-state index in [9.17, 15) is 0 Å². The van der Waals surface area contributed by atoms with E-state index in [0.717, 1.165) is 88.4 Å². The fourth-order valence-corrected chi connectivity index (χ4v) is 8.94. The molecular formula is C56H35NO2. The van der Waals surface area contributed by atoms with Gasteiger partial charge in [0.2, 0.25) is 0 Å². The molecule has 3 nitrogen and oxygen atoms in total. The monoisotopic (exact) mass is 753 g/mol. The molecule has 12 aromatic rings. The van der Waals surface area contributed by atoms with Crippen LogP contribution in [0.3, 0.4) is 0 Å². The third-order valence-corrected chi connectivity index (χ3v) is 11.9. The summed E-state index contributed by atoms with van der Waals surface area (Å²) < 4.78 is 13.1. The lowest BCUT2D eigenvalue weighted by Crippen LogP contribution is -2.10. The summed E-state index contributed by atoms with van der Waals surface area (Å²) >= 11 is 0. The van der Waals surface area contributed by atoms with E-state index in [1.807, 2.05) is 12.1 Å². The number of hydrogen-bond acceptors (Lipinski definition) is 3. The number of hydrogen-bond donors (Lipinski definition) is 0. The molecule has 3 heteroatoms. The van der Waals surface area contributed by atoms with Crippen molar-refractivity contribution in [3.63, 3.8) is 0 Å². The second kappa shape index (κ2) is 13.4. The van der Waals surface area contributed by atoms with Crippen LogP contribution in [0.5, 0.6) is 0 Å². The topological polar surface area (TPSA) is 29.5 Å². The molecule has 0 saturated carbocycles. The lowest BCUT2D eigenvalue weighted by Gasteiger charge is -2.26. The third kappa shape index (κ3) is 5.51. The predicted molar refractivity (Wildman–Crippen MR) is 247 cm³/mol. The minimum Gasteiger partial charge on any atom is -0.455 e. The van der Waals surface area contributed by atoms with E-state index >= 15 is 0 Å². The van der Waals surface area contributed by atoms with Crippen molar-refractivity contribution in [2.75, 3.05) is 4.90 Å². The van der Waals surface area contributed by atoms with Crippen LogP contribution >= 0.6 is 0 Å². The Labute approximate surface area is 340 Å². The third-order valence-electron chi connectivity index (χ3n) is 11.9. The fourth-order valence-electron chi connectivity index (χ4n) is 8.94. The van der Waals surface area contributed by atoms with Gasteiger partial charge < -0.3 is 13.7 Å². The average molecular weight is 754 g/mol. The van der Waals surface area contributed by atoms with Gasteiger partial charge in [-0.05, 0) is 98.6 Å². The van der Waals surface area contributed by atoms with Gasteiger partial charge in [0, 0.05) is 38.5 Å². The van der Waals surface area contributed by atoms with Gasteiger partial charge in [-0.3, -0.25) is 0 Å². The first kappa shape index (κ1) is 33.3. The molecule has 0 spiro atoms. The van der Waals surface area contributed by atoms with Gasteiger partial charge >= 0.3 is 0 Å². The highest BCUT2D eigenvalue weighted by molar-refractivity contribution is 6.19. The van der Waals surface area contributed by atoms with Gasteiger partial charge in [-0.15, -0.1) is 0 Å². The Hall–Kier alpha value is -7.88. The van der Waals surface area contributed by atoms with Crippen LogP contribution < -0.4 is 4.90 Å². The number of anilines is 3. The van der Waals surface area contributed by atoms with Crippen molar-refractivity contribution in [1.29, 1.82) is 0 Å². The largest absolute Gasteiger partial charge is 0.455 e. The first-order valence-corrected chi connectivity index (χ1v) is 20.1. The molecule has 0 unspecified atom stereocenters. The van der Waals surface area contributed by atoms with E-state index < -0.39 is 0 Å². The lowest BCUT2D eigenvalue weighted by atomic mass is 9.98. The van der Waals surface area contributed by atoms with E-state index in [2.05, 4.69) is 205 Å². The van der Waals surface area contributed by atoms with Gasteiger partial charge in [-0.1, -0.05) is 158 Å². The van der Waals surface area contributed by atoms with Crippen molar-refractivity contribution in [2.24, 2.45) is 0 Å². The van der Waals surface area contributed by atoms with E-state index in [-0.39, 0.29) is 0 Å². The first-order chi connectivity index (χ1) is 29.2. The van der Waals surface area contributed by atoms with Crippen LogP contribution in [0.15, 0.2) is 221 Å². The number of fused-ring (bicyclic) bond motifs is 9. The van der Waals surface area contributed by atoms with Gasteiger partial charge in [-0.25, -0.2) is 0 Å². The maximum atomic E-state index is 6.67. The first-order valence-electron chi connectivity index (χ1n) is 20.1. The molecule has 0 amide bonds. The zero-order valence-electron chi connectivity index (χ0n) is 32.0. The van der Waals surface area contributed by atoms with Gasteiger partial charge in [0.1, 0.15) is 22.3 Å². The van der Waals surface area contributed by atoms with Crippen LogP contribution in [0.25, 0.3) is 98.8 Å². The van der Waals surface area contributed by atoms with Crippen LogP contribution in [0, 0.1) is 0 Å². The Bertz CT molecular complexity index is 3540. The van der Waals surface area contributed by atoms with Crippen molar-refractivity contribution in [2.45, 2.75) is 0 Å². The summed E-state index contributed by atoms with van der Waals surface area (Å²) in [6.45, 7) is 0. The van der Waals surface area contributed by atoms with Crippen LogP contribution in [-0.2, 0) is 0 Å². The molecule has 0 atom stereocenters. The summed E-state index contributed by atoms with van der Waals surface area (Å²) in [6, 6.07) is 75.7. The number of benzene rings is 10. The number of para-hydroxylation sites is 2. The molecule has 2 heterocycles. The summed E-state index contributed by atoms with van der Waals surface area (Å²) in [5.41, 5.74) is 13.6. The summed E-state index contributed by atoms with van der Waals surface area (Å²) in [4.78, 5) is 2.35. The Morgan fingerprint density at radius 2 is 0.847 bits per heavy atom. The van der Waals surface area contributed by atoms with Gasteiger partial charge in [-0.2, -0.15) is 0 Å². The smallest absolute Gasteiger partial charge is 0.143 e. The number of nitrogens with zero attached hydrogens (tertiary/aromatic N) is 1. The molecule has 0 aliphatic carbocycles. The molecule has 0 radical (unpaired) electrons. The minimum atomic E-state index is 0.857. The van der Waals surface area contributed by atoms with Crippen molar-refractivity contribution >= 4 is 82.5 Å². The summed E-state index contributed by atoms with van der Waals surface area (Å²) in [7, 11) is 0. The SMILES string of the molecule is c1ccc2cc(-c3ccc(-c4ccc(N(c5ccc(-c6cccc7c6oc6ccccc67)cc5)c5cccc6oc7c8ccccc8ccc7c56)cc4)cc3)ccc2c1. The summed E-state index contributed by atoms with van der Waals surface area (Å²) in [5, 5.41) is 9.20. The molecule has 0 bridgehead atoms. The predicted octanol–water partition coefficient (Wildman–Crippen LogP) is 16.3. The number of furan rings is 2. The molecule has 12 rings (SSSR count).